The molecule has 2 aromatic rings. The molecule has 1 aliphatic rings. The van der Waals surface area contributed by atoms with E-state index in [9.17, 15) is 27.9 Å². The van der Waals surface area contributed by atoms with Crippen LogP contribution >= 0.6 is 0 Å². The Balaban J connectivity index is 2.00. The van der Waals surface area contributed by atoms with Crippen LogP contribution in [0.25, 0.3) is 0 Å². The number of nitrogens with one attached hydrogen (secondary N) is 2. The zero-order chi connectivity index (χ0) is 20.5. The molecule has 2 aromatic carbocycles. The zero-order valence-electron chi connectivity index (χ0n) is 14.7. The summed E-state index contributed by atoms with van der Waals surface area (Å²) < 4.78 is 46.1. The molecule has 1 heterocycles. The molecule has 6 nitrogen and oxygen atoms in total. The second kappa shape index (κ2) is 7.16. The van der Waals surface area contributed by atoms with Crippen molar-refractivity contribution in [1.29, 1.82) is 0 Å². The third-order valence-corrected chi connectivity index (χ3v) is 4.44. The fourth-order valence-electron chi connectivity index (χ4n) is 3.20. The summed E-state index contributed by atoms with van der Waals surface area (Å²) in [5.74, 6) is -2.12. The van der Waals surface area contributed by atoms with Crippen molar-refractivity contribution in [2.45, 2.75) is 24.9 Å². The molecule has 0 aromatic heterocycles. The van der Waals surface area contributed by atoms with Crippen LogP contribution < -0.4 is 15.4 Å². The number of ketones is 1. The summed E-state index contributed by atoms with van der Waals surface area (Å²) in [7, 11) is 0. The Labute approximate surface area is 158 Å². The van der Waals surface area contributed by atoms with E-state index in [0.29, 0.717) is 11.5 Å². The summed E-state index contributed by atoms with van der Waals surface area (Å²) in [6.45, 7) is 0.928. The summed E-state index contributed by atoms with van der Waals surface area (Å²) in [4.78, 5) is 23.9. The number of benzene rings is 2. The predicted octanol–water partition coefficient (Wildman–Crippen LogP) is 3.29. The minimum Gasteiger partial charge on any atom is -0.457 e. The molecule has 0 unspecified atom stereocenters. The van der Waals surface area contributed by atoms with Crippen LogP contribution in [0.2, 0.25) is 0 Å². The van der Waals surface area contributed by atoms with Gasteiger partial charge in [-0.1, -0.05) is 30.3 Å². The fraction of sp³-hybridized carbons (Fsp3) is 0.263. The molecule has 1 aliphatic heterocycles. The van der Waals surface area contributed by atoms with E-state index in [2.05, 4.69) is 5.32 Å². The molecule has 1 saturated heterocycles. The van der Waals surface area contributed by atoms with Crippen LogP contribution in [0.4, 0.5) is 18.0 Å². The van der Waals surface area contributed by atoms with Crippen molar-refractivity contribution < 1.29 is 32.6 Å². The van der Waals surface area contributed by atoms with Crippen molar-refractivity contribution in [1.82, 2.24) is 10.6 Å². The molecule has 0 saturated carbocycles. The summed E-state index contributed by atoms with van der Waals surface area (Å²) in [6.07, 6.45) is -5.25. The number of rotatable bonds is 4. The van der Waals surface area contributed by atoms with Crippen molar-refractivity contribution in [2.24, 2.45) is 5.92 Å². The van der Waals surface area contributed by atoms with Gasteiger partial charge in [0.25, 0.3) is 0 Å². The summed E-state index contributed by atoms with van der Waals surface area (Å²) in [5.41, 5.74) is -3.51. The van der Waals surface area contributed by atoms with Crippen LogP contribution in [-0.2, 0) is 4.79 Å². The van der Waals surface area contributed by atoms with Crippen LogP contribution in [0.1, 0.15) is 18.5 Å². The first-order chi connectivity index (χ1) is 13.1. The van der Waals surface area contributed by atoms with Gasteiger partial charge in [0.2, 0.25) is 5.72 Å². The Morgan fingerprint density at radius 3 is 2.36 bits per heavy atom. The lowest BCUT2D eigenvalue weighted by molar-refractivity contribution is -0.290. The number of para-hydroxylation sites is 1. The average Bonchev–Trinajstić information content (AvgIpc) is 2.61. The van der Waals surface area contributed by atoms with Gasteiger partial charge in [0, 0.05) is 0 Å². The number of ether oxygens (including phenoxy) is 1. The third kappa shape index (κ3) is 3.65. The molecule has 3 atom stereocenters. The van der Waals surface area contributed by atoms with E-state index in [0.717, 1.165) is 6.92 Å². The monoisotopic (exact) mass is 394 g/mol. The number of halogens is 3. The van der Waals surface area contributed by atoms with Gasteiger partial charge >= 0.3 is 12.2 Å². The number of amides is 2. The maximum atomic E-state index is 13.5. The van der Waals surface area contributed by atoms with Gasteiger partial charge < -0.3 is 20.5 Å². The number of carbonyl (C=O) groups is 2. The average molecular weight is 394 g/mol. The van der Waals surface area contributed by atoms with Gasteiger partial charge in [-0.15, -0.1) is 0 Å². The SMILES string of the molecule is CC(=O)[C@H]1[C@H](c2cccc(Oc3ccccc3)c2)NC(=O)N[C@]1(O)C(F)(F)F. The number of hydrogen-bond acceptors (Lipinski definition) is 4. The molecule has 3 rings (SSSR count). The number of hydrogen-bond donors (Lipinski definition) is 3. The van der Waals surface area contributed by atoms with Crippen molar-refractivity contribution in [3.8, 4) is 11.5 Å². The minimum absolute atomic E-state index is 0.186. The quantitative estimate of drug-likeness (QED) is 0.743. The maximum Gasteiger partial charge on any atom is 0.437 e. The number of Topliss-reactive ketones (excluding diaryl/α,β-unsaturated/α-hetero) is 1. The summed E-state index contributed by atoms with van der Waals surface area (Å²) >= 11 is 0. The highest BCUT2D eigenvalue weighted by atomic mass is 19.4. The molecular weight excluding hydrogens is 377 g/mol. The van der Waals surface area contributed by atoms with Gasteiger partial charge in [0.05, 0.1) is 12.0 Å². The van der Waals surface area contributed by atoms with Crippen molar-refractivity contribution in [3.05, 3.63) is 60.2 Å². The molecule has 9 heteroatoms. The van der Waals surface area contributed by atoms with Crippen molar-refractivity contribution in [2.75, 3.05) is 0 Å². The van der Waals surface area contributed by atoms with Gasteiger partial charge in [-0.2, -0.15) is 13.2 Å². The highest BCUT2D eigenvalue weighted by Crippen LogP contribution is 2.43. The van der Waals surface area contributed by atoms with E-state index in [1.165, 1.54) is 23.5 Å². The van der Waals surface area contributed by atoms with E-state index in [1.54, 1.807) is 36.4 Å². The number of aliphatic hydroxyl groups is 1. The fourth-order valence-corrected chi connectivity index (χ4v) is 3.20. The normalized spacial score (nSPS) is 24.8. The van der Waals surface area contributed by atoms with Gasteiger partial charge in [0.15, 0.2) is 0 Å². The lowest BCUT2D eigenvalue weighted by Gasteiger charge is -2.44. The van der Waals surface area contributed by atoms with Gasteiger partial charge in [-0.25, -0.2) is 4.79 Å². The largest absolute Gasteiger partial charge is 0.457 e. The Morgan fingerprint density at radius 2 is 1.75 bits per heavy atom. The molecule has 0 aliphatic carbocycles. The smallest absolute Gasteiger partial charge is 0.437 e. The molecular formula is C19H17F3N2O4. The Kier molecular flexibility index (Phi) is 5.03. The standard InChI is InChI=1S/C19H17F3N2O4/c1-11(25)15-16(23-17(26)24-18(15,27)19(20,21)22)12-6-5-9-14(10-12)28-13-7-3-2-4-8-13/h2-10,15-16,27H,1H3,(H2,23,24,26)/t15-,16-,18+/m0/s1. The number of urea groups is 1. The zero-order valence-corrected chi connectivity index (χ0v) is 14.7. The Morgan fingerprint density at radius 1 is 1.11 bits per heavy atom. The highest BCUT2D eigenvalue weighted by molar-refractivity contribution is 5.86. The molecule has 3 N–H and O–H groups in total. The summed E-state index contributed by atoms with van der Waals surface area (Å²) in [5, 5.41) is 13.9. The lowest BCUT2D eigenvalue weighted by Crippen LogP contribution is -2.72. The topological polar surface area (TPSA) is 87.7 Å². The first-order valence-corrected chi connectivity index (χ1v) is 8.33. The number of carbonyl (C=O) groups excluding carboxylic acids is 2. The van der Waals surface area contributed by atoms with Crippen LogP contribution in [0.3, 0.4) is 0 Å². The van der Waals surface area contributed by atoms with Crippen molar-refractivity contribution in [3.63, 3.8) is 0 Å². The first-order valence-electron chi connectivity index (χ1n) is 8.33. The maximum absolute atomic E-state index is 13.5. The second-order valence-electron chi connectivity index (χ2n) is 6.42. The van der Waals surface area contributed by atoms with E-state index >= 15 is 0 Å². The van der Waals surface area contributed by atoms with Crippen LogP contribution in [0.5, 0.6) is 11.5 Å². The Bertz CT molecular complexity index is 888. The second-order valence-corrected chi connectivity index (χ2v) is 6.42. The van der Waals surface area contributed by atoms with Crippen molar-refractivity contribution >= 4 is 11.8 Å². The highest BCUT2D eigenvalue weighted by Gasteiger charge is 2.65. The van der Waals surface area contributed by atoms with Crippen LogP contribution in [-0.4, -0.2) is 28.8 Å². The molecule has 1 fully saturated rings. The molecule has 28 heavy (non-hydrogen) atoms. The number of alkyl halides is 3. The first kappa shape index (κ1) is 19.7. The lowest BCUT2D eigenvalue weighted by atomic mass is 9.79. The molecule has 0 spiro atoms. The van der Waals surface area contributed by atoms with Gasteiger partial charge in [-0.05, 0) is 36.8 Å². The third-order valence-electron chi connectivity index (χ3n) is 4.44. The summed E-state index contributed by atoms with van der Waals surface area (Å²) in [6, 6.07) is 12.0. The van der Waals surface area contributed by atoms with E-state index in [4.69, 9.17) is 4.74 Å². The predicted molar refractivity (Wildman–Crippen MR) is 92.5 cm³/mol. The van der Waals surface area contributed by atoms with Crippen LogP contribution in [0, 0.1) is 5.92 Å². The van der Waals surface area contributed by atoms with E-state index in [1.807, 2.05) is 0 Å². The molecule has 0 bridgehead atoms. The molecule has 2 amide bonds. The minimum atomic E-state index is -5.25. The van der Waals surface area contributed by atoms with Crippen LogP contribution in [0.15, 0.2) is 54.6 Å². The van der Waals surface area contributed by atoms with E-state index < -0.39 is 35.7 Å². The van der Waals surface area contributed by atoms with Gasteiger partial charge in [-0.3, -0.25) is 4.79 Å². The molecule has 0 radical (unpaired) electrons. The van der Waals surface area contributed by atoms with E-state index in [-0.39, 0.29) is 5.56 Å². The Hall–Kier alpha value is -3.07. The molecule has 148 valence electrons. The van der Waals surface area contributed by atoms with Gasteiger partial charge in [0.1, 0.15) is 17.3 Å².